The Morgan fingerprint density at radius 1 is 0.963 bits per heavy atom. The van der Waals surface area contributed by atoms with Crippen LogP contribution in [0.5, 0.6) is 11.5 Å². The Morgan fingerprint density at radius 2 is 1.59 bits per heavy atom. The van der Waals surface area contributed by atoms with E-state index in [1.165, 1.54) is 4.90 Å². The standard InChI is InChI=1S/C20H26N2O4S/c1-25-19-7-9-20(10-8-19)26-16-15-21-11-13-22(14-12-21)27(23,24)17-18-5-3-2-4-6-18/h2-10H,11-17H2,1H3/p+1. The SMILES string of the molecule is COc1ccc(OCC[NH+]2CCN(S(=O)(=O)Cc3ccccc3)CC2)cc1. The molecule has 1 saturated heterocycles. The first-order chi connectivity index (χ1) is 13.1. The van der Waals surface area contributed by atoms with Crippen molar-refractivity contribution in [2.45, 2.75) is 5.75 Å². The highest BCUT2D eigenvalue weighted by Gasteiger charge is 2.28. The number of nitrogens with one attached hydrogen (secondary N) is 1. The zero-order valence-electron chi connectivity index (χ0n) is 15.6. The van der Waals surface area contributed by atoms with Gasteiger partial charge in [-0.25, -0.2) is 8.42 Å². The Kier molecular flexibility index (Phi) is 6.71. The van der Waals surface area contributed by atoms with Gasteiger partial charge in [-0.1, -0.05) is 30.3 Å². The highest BCUT2D eigenvalue weighted by atomic mass is 32.2. The van der Waals surface area contributed by atoms with Crippen LogP contribution in [0.1, 0.15) is 5.56 Å². The average molecular weight is 392 g/mol. The molecular formula is C20H27N2O4S+. The predicted molar refractivity (Wildman–Crippen MR) is 105 cm³/mol. The number of piperazine rings is 1. The van der Waals surface area contributed by atoms with Crippen molar-refractivity contribution in [3.63, 3.8) is 0 Å². The van der Waals surface area contributed by atoms with Crippen molar-refractivity contribution < 1.29 is 22.8 Å². The van der Waals surface area contributed by atoms with Crippen molar-refractivity contribution in [3.8, 4) is 11.5 Å². The summed E-state index contributed by atoms with van der Waals surface area (Å²) >= 11 is 0. The van der Waals surface area contributed by atoms with Crippen LogP contribution in [0.25, 0.3) is 0 Å². The van der Waals surface area contributed by atoms with E-state index >= 15 is 0 Å². The molecule has 0 aliphatic carbocycles. The van der Waals surface area contributed by atoms with E-state index in [1.807, 2.05) is 54.6 Å². The van der Waals surface area contributed by atoms with Gasteiger partial charge in [0.2, 0.25) is 10.0 Å². The highest BCUT2D eigenvalue weighted by molar-refractivity contribution is 7.88. The van der Waals surface area contributed by atoms with Crippen LogP contribution in [0.15, 0.2) is 54.6 Å². The van der Waals surface area contributed by atoms with Crippen molar-refractivity contribution >= 4 is 10.0 Å². The topological polar surface area (TPSA) is 60.3 Å². The molecule has 0 amide bonds. The molecule has 1 aliphatic rings. The van der Waals surface area contributed by atoms with E-state index in [-0.39, 0.29) is 5.75 Å². The third kappa shape index (κ3) is 5.69. The zero-order chi connectivity index (χ0) is 19.1. The molecule has 146 valence electrons. The molecular weight excluding hydrogens is 364 g/mol. The lowest BCUT2D eigenvalue weighted by molar-refractivity contribution is -0.903. The molecule has 0 atom stereocenters. The maximum Gasteiger partial charge on any atom is 0.218 e. The lowest BCUT2D eigenvalue weighted by Gasteiger charge is -2.31. The number of ether oxygens (including phenoxy) is 2. The van der Waals surface area contributed by atoms with Crippen LogP contribution < -0.4 is 14.4 Å². The van der Waals surface area contributed by atoms with E-state index in [1.54, 1.807) is 11.4 Å². The monoisotopic (exact) mass is 391 g/mol. The molecule has 27 heavy (non-hydrogen) atoms. The number of quaternary nitrogens is 1. The molecule has 0 unspecified atom stereocenters. The van der Waals surface area contributed by atoms with Gasteiger partial charge in [0, 0.05) is 0 Å². The normalized spacial score (nSPS) is 16.2. The highest BCUT2D eigenvalue weighted by Crippen LogP contribution is 2.16. The van der Waals surface area contributed by atoms with Gasteiger partial charge in [0.05, 0.1) is 39.0 Å². The molecule has 1 fully saturated rings. The second-order valence-corrected chi connectivity index (χ2v) is 8.63. The first-order valence-electron chi connectivity index (χ1n) is 9.19. The van der Waals surface area contributed by atoms with E-state index in [2.05, 4.69) is 0 Å². The van der Waals surface area contributed by atoms with Crippen LogP contribution in [0, 0.1) is 0 Å². The number of sulfonamides is 1. The number of benzene rings is 2. The minimum Gasteiger partial charge on any atom is -0.497 e. The Balaban J connectivity index is 1.41. The summed E-state index contributed by atoms with van der Waals surface area (Å²) in [5.41, 5.74) is 0.833. The van der Waals surface area contributed by atoms with Crippen molar-refractivity contribution in [2.75, 3.05) is 46.4 Å². The fourth-order valence-corrected chi connectivity index (χ4v) is 4.73. The van der Waals surface area contributed by atoms with Crippen LogP contribution in [0.3, 0.4) is 0 Å². The lowest BCUT2D eigenvalue weighted by Crippen LogP contribution is -3.15. The summed E-state index contributed by atoms with van der Waals surface area (Å²) in [6, 6.07) is 16.9. The summed E-state index contributed by atoms with van der Waals surface area (Å²) in [5.74, 6) is 1.70. The van der Waals surface area contributed by atoms with Gasteiger partial charge in [-0.05, 0) is 29.8 Å². The molecule has 1 heterocycles. The third-order valence-electron chi connectivity index (χ3n) is 4.80. The molecule has 0 aromatic heterocycles. The van der Waals surface area contributed by atoms with Gasteiger partial charge < -0.3 is 14.4 Å². The summed E-state index contributed by atoms with van der Waals surface area (Å²) in [7, 11) is -1.62. The van der Waals surface area contributed by atoms with Crippen LogP contribution >= 0.6 is 0 Å². The van der Waals surface area contributed by atoms with Gasteiger partial charge in [-0.3, -0.25) is 0 Å². The van der Waals surface area contributed by atoms with Crippen LogP contribution in [0.2, 0.25) is 0 Å². The maximum atomic E-state index is 12.6. The summed E-state index contributed by atoms with van der Waals surface area (Å²) in [6.45, 7) is 4.21. The predicted octanol–water partition coefficient (Wildman–Crippen LogP) is 0.805. The average Bonchev–Trinajstić information content (AvgIpc) is 2.69. The summed E-state index contributed by atoms with van der Waals surface area (Å²) < 4.78 is 37.7. The van der Waals surface area contributed by atoms with Crippen molar-refractivity contribution in [2.24, 2.45) is 0 Å². The summed E-state index contributed by atoms with van der Waals surface area (Å²) in [5, 5.41) is 0. The molecule has 2 aromatic rings. The maximum absolute atomic E-state index is 12.6. The van der Waals surface area contributed by atoms with Gasteiger partial charge in [-0.2, -0.15) is 4.31 Å². The molecule has 2 aromatic carbocycles. The Bertz CT molecular complexity index is 802. The fraction of sp³-hybridized carbons (Fsp3) is 0.400. The summed E-state index contributed by atoms with van der Waals surface area (Å²) in [6.07, 6.45) is 0. The second-order valence-electron chi connectivity index (χ2n) is 6.66. The Hall–Kier alpha value is -2.09. The molecule has 1 aliphatic heterocycles. The molecule has 0 bridgehead atoms. The molecule has 0 saturated carbocycles. The minimum absolute atomic E-state index is 0.0732. The zero-order valence-corrected chi connectivity index (χ0v) is 16.5. The minimum atomic E-state index is -3.25. The van der Waals surface area contributed by atoms with E-state index in [0.717, 1.165) is 36.7 Å². The molecule has 0 spiro atoms. The van der Waals surface area contributed by atoms with Gasteiger partial charge in [0.15, 0.2) is 0 Å². The number of methoxy groups -OCH3 is 1. The first kappa shape index (κ1) is 19.7. The van der Waals surface area contributed by atoms with Crippen LogP contribution in [-0.2, 0) is 15.8 Å². The molecule has 1 N–H and O–H groups in total. The number of nitrogens with zero attached hydrogens (tertiary/aromatic N) is 1. The van der Waals surface area contributed by atoms with E-state index in [9.17, 15) is 8.42 Å². The largest absolute Gasteiger partial charge is 0.497 e. The number of hydrogen-bond donors (Lipinski definition) is 1. The molecule has 3 rings (SSSR count). The van der Waals surface area contributed by atoms with Crippen molar-refractivity contribution in [1.29, 1.82) is 0 Å². The van der Waals surface area contributed by atoms with Gasteiger partial charge in [0.25, 0.3) is 0 Å². The third-order valence-corrected chi connectivity index (χ3v) is 6.65. The number of hydrogen-bond acceptors (Lipinski definition) is 4. The molecule has 0 radical (unpaired) electrons. The lowest BCUT2D eigenvalue weighted by atomic mass is 10.2. The van der Waals surface area contributed by atoms with E-state index in [4.69, 9.17) is 9.47 Å². The van der Waals surface area contributed by atoms with Gasteiger partial charge in [-0.15, -0.1) is 0 Å². The van der Waals surface area contributed by atoms with Crippen molar-refractivity contribution in [1.82, 2.24) is 4.31 Å². The fourth-order valence-electron chi connectivity index (χ4n) is 3.19. The quantitative estimate of drug-likeness (QED) is 0.723. The van der Waals surface area contributed by atoms with Gasteiger partial charge in [0.1, 0.15) is 24.7 Å². The van der Waals surface area contributed by atoms with E-state index in [0.29, 0.717) is 19.7 Å². The molecule has 7 heteroatoms. The first-order valence-corrected chi connectivity index (χ1v) is 10.8. The number of rotatable bonds is 8. The van der Waals surface area contributed by atoms with Crippen LogP contribution in [0.4, 0.5) is 0 Å². The van der Waals surface area contributed by atoms with Crippen LogP contribution in [-0.4, -0.2) is 59.2 Å². The second kappa shape index (κ2) is 9.21. The molecule has 6 nitrogen and oxygen atoms in total. The summed E-state index contributed by atoms with van der Waals surface area (Å²) in [4.78, 5) is 1.37. The van der Waals surface area contributed by atoms with E-state index < -0.39 is 10.0 Å². The van der Waals surface area contributed by atoms with Crippen molar-refractivity contribution in [3.05, 3.63) is 60.2 Å². The van der Waals surface area contributed by atoms with Gasteiger partial charge >= 0.3 is 0 Å². The Labute approximate surface area is 161 Å². The Morgan fingerprint density at radius 3 is 2.22 bits per heavy atom. The smallest absolute Gasteiger partial charge is 0.218 e.